The molecule has 2 N–H and O–H groups in total. The monoisotopic (exact) mass is 179 g/mol. The average molecular weight is 179 g/mol. The number of benzene rings is 1. The standard InChI is InChI=1S/C9H9NO3/c1-5-2-8-6(3-7(5)11)10-9(12)4-13-8/h2-3,11H,4H2,1H3,(H,10,12). The van der Waals surface area contributed by atoms with Crippen molar-refractivity contribution < 1.29 is 14.6 Å². The number of nitrogens with one attached hydrogen (secondary N) is 1. The quantitative estimate of drug-likeness (QED) is 0.625. The molecule has 1 aromatic rings. The van der Waals surface area contributed by atoms with Crippen LogP contribution in [0.25, 0.3) is 0 Å². The molecule has 0 saturated heterocycles. The summed E-state index contributed by atoms with van der Waals surface area (Å²) < 4.78 is 5.15. The van der Waals surface area contributed by atoms with E-state index in [1.165, 1.54) is 6.07 Å². The first-order valence-electron chi connectivity index (χ1n) is 3.93. The number of phenols is 1. The first kappa shape index (κ1) is 7.91. The van der Waals surface area contributed by atoms with Crippen molar-refractivity contribution >= 4 is 11.6 Å². The lowest BCUT2D eigenvalue weighted by molar-refractivity contribution is -0.118. The Hall–Kier alpha value is -1.71. The third kappa shape index (κ3) is 1.30. The Morgan fingerprint density at radius 3 is 3.08 bits per heavy atom. The van der Waals surface area contributed by atoms with Crippen molar-refractivity contribution in [3.05, 3.63) is 17.7 Å². The summed E-state index contributed by atoms with van der Waals surface area (Å²) in [6, 6.07) is 3.19. The molecule has 68 valence electrons. The zero-order valence-electron chi connectivity index (χ0n) is 7.13. The minimum absolute atomic E-state index is 0.0389. The van der Waals surface area contributed by atoms with Gasteiger partial charge in [-0.25, -0.2) is 0 Å². The van der Waals surface area contributed by atoms with Crippen LogP contribution in [0, 0.1) is 6.92 Å². The number of aryl methyl sites for hydroxylation is 1. The molecule has 0 unspecified atom stereocenters. The van der Waals surface area contributed by atoms with E-state index in [0.717, 1.165) is 5.56 Å². The predicted molar refractivity (Wildman–Crippen MR) is 47.0 cm³/mol. The second-order valence-electron chi connectivity index (χ2n) is 2.97. The molecule has 2 rings (SSSR count). The van der Waals surface area contributed by atoms with Crippen LogP contribution in [0.15, 0.2) is 12.1 Å². The number of fused-ring (bicyclic) bond motifs is 1. The maximum absolute atomic E-state index is 10.9. The second-order valence-corrected chi connectivity index (χ2v) is 2.97. The molecule has 1 amide bonds. The molecule has 0 atom stereocenters. The second kappa shape index (κ2) is 2.65. The first-order valence-corrected chi connectivity index (χ1v) is 3.93. The number of carbonyl (C=O) groups excluding carboxylic acids is 1. The molecule has 0 saturated carbocycles. The molecule has 0 spiro atoms. The molecule has 13 heavy (non-hydrogen) atoms. The molecular formula is C9H9NO3. The zero-order valence-corrected chi connectivity index (χ0v) is 7.13. The van der Waals surface area contributed by atoms with Gasteiger partial charge in [-0.05, 0) is 18.6 Å². The summed E-state index contributed by atoms with van der Waals surface area (Å²) in [6.45, 7) is 1.81. The number of anilines is 1. The number of carbonyl (C=O) groups is 1. The van der Waals surface area contributed by atoms with Crippen LogP contribution in [0.4, 0.5) is 5.69 Å². The summed E-state index contributed by atoms with van der Waals surface area (Å²) in [5.74, 6) is 0.565. The van der Waals surface area contributed by atoms with Gasteiger partial charge in [-0.1, -0.05) is 0 Å². The van der Waals surface area contributed by atoms with Gasteiger partial charge in [0.1, 0.15) is 11.5 Å². The van der Waals surface area contributed by atoms with Crippen molar-refractivity contribution in [2.45, 2.75) is 6.92 Å². The Morgan fingerprint density at radius 2 is 2.31 bits per heavy atom. The lowest BCUT2D eigenvalue weighted by Crippen LogP contribution is -2.25. The topological polar surface area (TPSA) is 58.6 Å². The van der Waals surface area contributed by atoms with Crippen molar-refractivity contribution in [2.24, 2.45) is 0 Å². The third-order valence-electron chi connectivity index (χ3n) is 1.93. The van der Waals surface area contributed by atoms with Gasteiger partial charge in [0, 0.05) is 6.07 Å². The molecule has 1 aromatic carbocycles. The van der Waals surface area contributed by atoms with Gasteiger partial charge in [-0.2, -0.15) is 0 Å². The van der Waals surface area contributed by atoms with Gasteiger partial charge in [0.2, 0.25) is 0 Å². The summed E-state index contributed by atoms with van der Waals surface area (Å²) in [4.78, 5) is 10.9. The van der Waals surface area contributed by atoms with Gasteiger partial charge in [-0.15, -0.1) is 0 Å². The summed E-state index contributed by atoms with van der Waals surface area (Å²) in [6.07, 6.45) is 0. The van der Waals surface area contributed by atoms with Crippen LogP contribution in [0.2, 0.25) is 0 Å². The van der Waals surface area contributed by atoms with E-state index in [1.54, 1.807) is 13.0 Å². The van der Waals surface area contributed by atoms with E-state index < -0.39 is 0 Å². The number of ether oxygens (including phenoxy) is 1. The molecule has 1 aliphatic rings. The molecule has 4 heteroatoms. The van der Waals surface area contributed by atoms with Crippen molar-refractivity contribution in [3.8, 4) is 11.5 Å². The van der Waals surface area contributed by atoms with Crippen LogP contribution in [-0.2, 0) is 4.79 Å². The molecule has 0 radical (unpaired) electrons. The molecule has 0 aliphatic carbocycles. The fraction of sp³-hybridized carbons (Fsp3) is 0.222. The maximum atomic E-state index is 10.9. The van der Waals surface area contributed by atoms with Crippen LogP contribution >= 0.6 is 0 Å². The van der Waals surface area contributed by atoms with Crippen LogP contribution < -0.4 is 10.1 Å². The van der Waals surface area contributed by atoms with E-state index in [1.807, 2.05) is 0 Å². The highest BCUT2D eigenvalue weighted by molar-refractivity contribution is 5.95. The number of hydrogen-bond acceptors (Lipinski definition) is 3. The van der Waals surface area contributed by atoms with Crippen molar-refractivity contribution in [2.75, 3.05) is 11.9 Å². The molecule has 0 bridgehead atoms. The summed E-state index contributed by atoms with van der Waals surface area (Å²) in [5.41, 5.74) is 1.26. The molecule has 0 aromatic heterocycles. The summed E-state index contributed by atoms with van der Waals surface area (Å²) >= 11 is 0. The highest BCUT2D eigenvalue weighted by Gasteiger charge is 2.16. The van der Waals surface area contributed by atoms with E-state index >= 15 is 0 Å². The average Bonchev–Trinajstić information content (AvgIpc) is 2.08. The van der Waals surface area contributed by atoms with Crippen molar-refractivity contribution in [3.63, 3.8) is 0 Å². The van der Waals surface area contributed by atoms with E-state index in [-0.39, 0.29) is 18.3 Å². The SMILES string of the molecule is Cc1cc2c(cc1O)NC(=O)CO2. The predicted octanol–water partition coefficient (Wildman–Crippen LogP) is 1.03. The van der Waals surface area contributed by atoms with Gasteiger partial charge >= 0.3 is 0 Å². The van der Waals surface area contributed by atoms with Crippen LogP contribution in [0.3, 0.4) is 0 Å². The van der Waals surface area contributed by atoms with E-state index in [4.69, 9.17) is 4.74 Å². The Morgan fingerprint density at radius 1 is 1.54 bits per heavy atom. The van der Waals surface area contributed by atoms with E-state index in [0.29, 0.717) is 11.4 Å². The Balaban J connectivity index is 2.49. The molecule has 4 nitrogen and oxygen atoms in total. The lowest BCUT2D eigenvalue weighted by Gasteiger charge is -2.18. The third-order valence-corrected chi connectivity index (χ3v) is 1.93. The van der Waals surface area contributed by atoms with Crippen molar-refractivity contribution in [1.82, 2.24) is 0 Å². The Labute approximate surface area is 75.1 Å². The van der Waals surface area contributed by atoms with Crippen LogP contribution in [0.5, 0.6) is 11.5 Å². The summed E-state index contributed by atoms with van der Waals surface area (Å²) in [7, 11) is 0. The Bertz CT molecular complexity index is 373. The number of amides is 1. The lowest BCUT2D eigenvalue weighted by atomic mass is 10.1. The smallest absolute Gasteiger partial charge is 0.262 e. The van der Waals surface area contributed by atoms with Gasteiger partial charge in [0.15, 0.2) is 6.61 Å². The number of rotatable bonds is 0. The maximum Gasteiger partial charge on any atom is 0.262 e. The van der Waals surface area contributed by atoms with Gasteiger partial charge in [0.05, 0.1) is 5.69 Å². The first-order chi connectivity index (χ1) is 6.16. The number of phenolic OH excluding ortho intramolecular Hbond substituents is 1. The largest absolute Gasteiger partial charge is 0.508 e. The van der Waals surface area contributed by atoms with Crippen LogP contribution in [0.1, 0.15) is 5.56 Å². The molecule has 1 aliphatic heterocycles. The van der Waals surface area contributed by atoms with E-state index in [2.05, 4.69) is 5.32 Å². The minimum Gasteiger partial charge on any atom is -0.508 e. The minimum atomic E-state index is -0.198. The molecule has 0 fully saturated rings. The van der Waals surface area contributed by atoms with Gasteiger partial charge < -0.3 is 15.2 Å². The Kier molecular flexibility index (Phi) is 1.62. The van der Waals surface area contributed by atoms with E-state index in [9.17, 15) is 9.90 Å². The van der Waals surface area contributed by atoms with Crippen LogP contribution in [-0.4, -0.2) is 17.6 Å². The fourth-order valence-corrected chi connectivity index (χ4v) is 1.22. The van der Waals surface area contributed by atoms with Crippen molar-refractivity contribution in [1.29, 1.82) is 0 Å². The van der Waals surface area contributed by atoms with Gasteiger partial charge in [-0.3, -0.25) is 4.79 Å². The summed E-state index contributed by atoms with van der Waals surface area (Å²) in [5, 5.41) is 12.0. The highest BCUT2D eigenvalue weighted by atomic mass is 16.5. The normalized spacial score (nSPS) is 14.4. The highest BCUT2D eigenvalue weighted by Crippen LogP contribution is 2.33. The number of hydrogen-bond donors (Lipinski definition) is 2. The zero-order chi connectivity index (χ0) is 9.42. The fourth-order valence-electron chi connectivity index (χ4n) is 1.22. The molecule has 1 heterocycles. The van der Waals surface area contributed by atoms with Gasteiger partial charge in [0.25, 0.3) is 5.91 Å². The molecular weight excluding hydrogens is 170 g/mol. The number of aromatic hydroxyl groups is 1.